The van der Waals surface area contributed by atoms with Gasteiger partial charge in [-0.15, -0.1) is 0 Å². The molecule has 1 amide bonds. The normalized spacial score (nSPS) is 10.6. The Morgan fingerprint density at radius 3 is 2.67 bits per heavy atom. The van der Waals surface area contributed by atoms with Crippen molar-refractivity contribution in [1.82, 2.24) is 5.32 Å². The molecule has 0 radical (unpaired) electrons. The van der Waals surface area contributed by atoms with Crippen molar-refractivity contribution in [3.8, 4) is 5.75 Å². The van der Waals surface area contributed by atoms with E-state index in [0.29, 0.717) is 25.3 Å². The van der Waals surface area contributed by atoms with Crippen LogP contribution in [0.5, 0.6) is 5.75 Å². The average molecular weight is 432 g/mol. The van der Waals surface area contributed by atoms with E-state index in [4.69, 9.17) is 4.74 Å². The molecule has 0 aliphatic carbocycles. The fourth-order valence-corrected chi connectivity index (χ4v) is 2.67. The molecule has 0 aliphatic heterocycles. The molecule has 0 spiro atoms. The van der Waals surface area contributed by atoms with Crippen LogP contribution in [-0.4, -0.2) is 25.5 Å². The molecule has 0 heterocycles. The van der Waals surface area contributed by atoms with E-state index in [1.165, 1.54) is 13.2 Å². The maximum absolute atomic E-state index is 11.9. The monoisotopic (exact) mass is 431 g/mol. The molecule has 142 valence electrons. The molecule has 1 N–H and O–H groups in total. The fourth-order valence-electron chi connectivity index (χ4n) is 2.29. The summed E-state index contributed by atoms with van der Waals surface area (Å²) in [6, 6.07) is 15.5. The Hall–Kier alpha value is -2.60. The van der Waals surface area contributed by atoms with Gasteiger partial charge in [-0.25, -0.2) is 0 Å². The minimum Gasteiger partial charge on any atom is -0.488 e. The summed E-state index contributed by atoms with van der Waals surface area (Å²) in [7, 11) is 1.35. The van der Waals surface area contributed by atoms with Crippen LogP contribution in [0.15, 0.2) is 59.1 Å². The van der Waals surface area contributed by atoms with Crippen molar-refractivity contribution in [1.29, 1.82) is 0 Å². The van der Waals surface area contributed by atoms with Crippen molar-refractivity contribution in [2.24, 2.45) is 0 Å². The van der Waals surface area contributed by atoms with Crippen LogP contribution in [-0.2, 0) is 20.9 Å². The van der Waals surface area contributed by atoms with Crippen LogP contribution in [0.2, 0.25) is 0 Å². The second-order valence-electron chi connectivity index (χ2n) is 5.76. The molecule has 0 bridgehead atoms. The van der Waals surface area contributed by atoms with E-state index in [9.17, 15) is 9.59 Å². The van der Waals surface area contributed by atoms with Gasteiger partial charge in [0.1, 0.15) is 12.4 Å². The zero-order valence-electron chi connectivity index (χ0n) is 15.1. The lowest BCUT2D eigenvalue weighted by atomic mass is 10.2. The molecular formula is C21H22BrNO4. The Bertz CT molecular complexity index is 790. The molecule has 27 heavy (non-hydrogen) atoms. The molecule has 0 fully saturated rings. The predicted octanol–water partition coefficient (Wildman–Crippen LogP) is 4.11. The first-order valence-electron chi connectivity index (χ1n) is 8.57. The van der Waals surface area contributed by atoms with Crippen LogP contribution in [0, 0.1) is 0 Å². The third-order valence-electron chi connectivity index (χ3n) is 3.71. The molecule has 5 nitrogen and oxygen atoms in total. The standard InChI is InChI=1S/C21H22BrNO4/c1-26-21(25)8-5-13-23-20(24)12-9-17-14-18(22)10-11-19(17)27-15-16-6-3-2-4-7-16/h2-4,6-7,9-12,14H,5,8,13,15H2,1H3,(H,23,24)/b12-9+. The number of amides is 1. The summed E-state index contributed by atoms with van der Waals surface area (Å²) >= 11 is 3.44. The number of methoxy groups -OCH3 is 1. The van der Waals surface area contributed by atoms with Crippen LogP contribution in [0.25, 0.3) is 6.08 Å². The molecular weight excluding hydrogens is 410 g/mol. The van der Waals surface area contributed by atoms with Crippen molar-refractivity contribution in [3.63, 3.8) is 0 Å². The third-order valence-corrected chi connectivity index (χ3v) is 4.20. The Kier molecular flexibility index (Phi) is 8.58. The van der Waals surface area contributed by atoms with Gasteiger partial charge in [-0.3, -0.25) is 9.59 Å². The largest absolute Gasteiger partial charge is 0.488 e. The van der Waals surface area contributed by atoms with Crippen LogP contribution >= 0.6 is 15.9 Å². The quantitative estimate of drug-likeness (QED) is 0.368. The lowest BCUT2D eigenvalue weighted by molar-refractivity contribution is -0.140. The number of rotatable bonds is 9. The molecule has 2 aromatic carbocycles. The summed E-state index contributed by atoms with van der Waals surface area (Å²) in [6.07, 6.45) is 3.98. The number of hydrogen-bond acceptors (Lipinski definition) is 4. The van der Waals surface area contributed by atoms with Gasteiger partial charge < -0.3 is 14.8 Å². The van der Waals surface area contributed by atoms with Gasteiger partial charge >= 0.3 is 5.97 Å². The highest BCUT2D eigenvalue weighted by Gasteiger charge is 2.05. The second-order valence-corrected chi connectivity index (χ2v) is 6.68. The summed E-state index contributed by atoms with van der Waals surface area (Å²) in [6.45, 7) is 0.858. The van der Waals surface area contributed by atoms with Gasteiger partial charge in [0.2, 0.25) is 5.91 Å². The number of halogens is 1. The van der Waals surface area contributed by atoms with Gasteiger partial charge in [0.05, 0.1) is 7.11 Å². The molecule has 0 aliphatic rings. The number of ether oxygens (including phenoxy) is 2. The van der Waals surface area contributed by atoms with E-state index in [-0.39, 0.29) is 18.3 Å². The number of esters is 1. The molecule has 2 rings (SSSR count). The number of carbonyl (C=O) groups is 2. The highest BCUT2D eigenvalue weighted by Crippen LogP contribution is 2.25. The van der Waals surface area contributed by atoms with Gasteiger partial charge in [-0.05, 0) is 36.3 Å². The van der Waals surface area contributed by atoms with Gasteiger partial charge in [-0.1, -0.05) is 46.3 Å². The molecule has 6 heteroatoms. The van der Waals surface area contributed by atoms with Gasteiger partial charge in [0, 0.05) is 29.1 Å². The maximum Gasteiger partial charge on any atom is 0.305 e. The summed E-state index contributed by atoms with van der Waals surface area (Å²) in [5, 5.41) is 2.74. The second kappa shape index (κ2) is 11.2. The first kappa shape index (κ1) is 20.7. The zero-order valence-corrected chi connectivity index (χ0v) is 16.7. The van der Waals surface area contributed by atoms with Crippen molar-refractivity contribution in [2.75, 3.05) is 13.7 Å². The molecule has 0 aromatic heterocycles. The Labute approximate surface area is 167 Å². The molecule has 0 atom stereocenters. The minimum absolute atomic E-state index is 0.228. The van der Waals surface area contributed by atoms with Crippen LogP contribution in [0.4, 0.5) is 0 Å². The van der Waals surface area contributed by atoms with Gasteiger partial charge in [0.15, 0.2) is 0 Å². The van der Waals surface area contributed by atoms with Crippen LogP contribution in [0.1, 0.15) is 24.0 Å². The topological polar surface area (TPSA) is 64.6 Å². The third kappa shape index (κ3) is 7.66. The first-order valence-corrected chi connectivity index (χ1v) is 9.37. The Balaban J connectivity index is 1.92. The highest BCUT2D eigenvalue weighted by molar-refractivity contribution is 9.10. The van der Waals surface area contributed by atoms with Crippen molar-refractivity contribution in [2.45, 2.75) is 19.4 Å². The van der Waals surface area contributed by atoms with Crippen molar-refractivity contribution < 1.29 is 19.1 Å². The molecule has 2 aromatic rings. The van der Waals surface area contributed by atoms with Gasteiger partial charge in [-0.2, -0.15) is 0 Å². The van der Waals surface area contributed by atoms with Crippen molar-refractivity contribution in [3.05, 3.63) is 70.2 Å². The Morgan fingerprint density at radius 2 is 1.93 bits per heavy atom. The number of benzene rings is 2. The zero-order chi connectivity index (χ0) is 19.5. The average Bonchev–Trinajstić information content (AvgIpc) is 2.69. The van der Waals surface area contributed by atoms with E-state index >= 15 is 0 Å². The highest BCUT2D eigenvalue weighted by atomic mass is 79.9. The summed E-state index contributed by atoms with van der Waals surface area (Å²) in [4.78, 5) is 23.0. The smallest absolute Gasteiger partial charge is 0.305 e. The number of nitrogens with one attached hydrogen (secondary N) is 1. The Morgan fingerprint density at radius 1 is 1.15 bits per heavy atom. The number of carbonyl (C=O) groups excluding carboxylic acids is 2. The SMILES string of the molecule is COC(=O)CCCNC(=O)/C=C/c1cc(Br)ccc1OCc1ccccc1. The lowest BCUT2D eigenvalue weighted by Gasteiger charge is -2.10. The minimum atomic E-state index is -0.283. The van der Waals surface area contributed by atoms with Crippen LogP contribution < -0.4 is 10.1 Å². The van der Waals surface area contributed by atoms with E-state index in [1.807, 2.05) is 48.5 Å². The first-order chi connectivity index (χ1) is 13.1. The molecule has 0 saturated heterocycles. The fraction of sp³-hybridized carbons (Fsp3) is 0.238. The van der Waals surface area contributed by atoms with E-state index in [0.717, 1.165) is 15.6 Å². The van der Waals surface area contributed by atoms with E-state index in [1.54, 1.807) is 6.08 Å². The molecule has 0 saturated carbocycles. The summed E-state index contributed by atoms with van der Waals surface area (Å²) < 4.78 is 11.3. The lowest BCUT2D eigenvalue weighted by Crippen LogP contribution is -2.22. The summed E-state index contributed by atoms with van der Waals surface area (Å²) in [5.74, 6) is 0.180. The summed E-state index contributed by atoms with van der Waals surface area (Å²) in [5.41, 5.74) is 1.86. The van der Waals surface area contributed by atoms with Crippen LogP contribution in [0.3, 0.4) is 0 Å². The van der Waals surface area contributed by atoms with E-state index < -0.39 is 0 Å². The number of hydrogen-bond donors (Lipinski definition) is 1. The van der Waals surface area contributed by atoms with Gasteiger partial charge in [0.25, 0.3) is 0 Å². The molecule has 0 unspecified atom stereocenters. The van der Waals surface area contributed by atoms with Crippen molar-refractivity contribution >= 4 is 33.9 Å². The maximum atomic E-state index is 11.9. The predicted molar refractivity (Wildman–Crippen MR) is 108 cm³/mol. The van der Waals surface area contributed by atoms with E-state index in [2.05, 4.69) is 26.0 Å².